The van der Waals surface area contributed by atoms with Crippen LogP contribution in [0.25, 0.3) is 0 Å². The van der Waals surface area contributed by atoms with Gasteiger partial charge >= 0.3 is 0 Å². The largest absolute Gasteiger partial charge is 0.316 e. The maximum atomic E-state index is 6.23. The number of aromatic nitrogens is 3. The van der Waals surface area contributed by atoms with Gasteiger partial charge in [0.05, 0.1) is 0 Å². The molecule has 1 unspecified atom stereocenters. The van der Waals surface area contributed by atoms with Crippen molar-refractivity contribution in [1.82, 2.24) is 20.1 Å². The first-order chi connectivity index (χ1) is 9.61. The van der Waals surface area contributed by atoms with Crippen molar-refractivity contribution >= 4 is 11.6 Å². The molecule has 108 valence electrons. The zero-order chi connectivity index (χ0) is 14.5. The van der Waals surface area contributed by atoms with Gasteiger partial charge in [0, 0.05) is 23.5 Å². The van der Waals surface area contributed by atoms with Crippen LogP contribution in [0.4, 0.5) is 0 Å². The highest BCUT2D eigenvalue weighted by Gasteiger charge is 2.15. The standard InChI is InChI=1S/C15H21ClN4/c1-11(2)20-15(18-10-19-20)9-13(17-3)8-12-6-4-5-7-14(12)16/h4-7,10-11,13,17H,8-9H2,1-3H3. The highest BCUT2D eigenvalue weighted by molar-refractivity contribution is 6.31. The summed E-state index contributed by atoms with van der Waals surface area (Å²) in [5.74, 6) is 1.01. The molecule has 0 amide bonds. The van der Waals surface area contributed by atoms with Gasteiger partial charge in [-0.2, -0.15) is 5.10 Å². The fourth-order valence-electron chi connectivity index (χ4n) is 2.28. The quantitative estimate of drug-likeness (QED) is 0.890. The van der Waals surface area contributed by atoms with Crippen LogP contribution in [0.1, 0.15) is 31.3 Å². The molecule has 0 aliphatic heterocycles. The van der Waals surface area contributed by atoms with Crippen LogP contribution in [-0.4, -0.2) is 27.9 Å². The van der Waals surface area contributed by atoms with E-state index in [1.807, 2.05) is 29.9 Å². The number of nitrogens with zero attached hydrogens (tertiary/aromatic N) is 3. The van der Waals surface area contributed by atoms with Gasteiger partial charge in [-0.1, -0.05) is 29.8 Å². The molecule has 20 heavy (non-hydrogen) atoms. The maximum Gasteiger partial charge on any atom is 0.138 e. The molecule has 0 saturated carbocycles. The highest BCUT2D eigenvalue weighted by Crippen LogP contribution is 2.18. The highest BCUT2D eigenvalue weighted by atomic mass is 35.5. The molecule has 0 bridgehead atoms. The van der Waals surface area contributed by atoms with E-state index in [9.17, 15) is 0 Å². The third-order valence-electron chi connectivity index (χ3n) is 3.40. The van der Waals surface area contributed by atoms with Gasteiger partial charge in [-0.05, 0) is 38.9 Å². The zero-order valence-electron chi connectivity index (χ0n) is 12.2. The Balaban J connectivity index is 2.10. The predicted molar refractivity (Wildman–Crippen MR) is 82.1 cm³/mol. The number of halogens is 1. The van der Waals surface area contributed by atoms with Crippen LogP contribution in [0.5, 0.6) is 0 Å². The van der Waals surface area contributed by atoms with Crippen molar-refractivity contribution in [2.24, 2.45) is 0 Å². The fraction of sp³-hybridized carbons (Fsp3) is 0.467. The van der Waals surface area contributed by atoms with Gasteiger partial charge in [-0.3, -0.25) is 0 Å². The molecule has 1 aromatic heterocycles. The minimum atomic E-state index is 0.289. The van der Waals surface area contributed by atoms with E-state index in [4.69, 9.17) is 11.6 Å². The summed E-state index contributed by atoms with van der Waals surface area (Å²) >= 11 is 6.23. The lowest BCUT2D eigenvalue weighted by Gasteiger charge is -2.18. The van der Waals surface area contributed by atoms with Gasteiger partial charge in [0.25, 0.3) is 0 Å². The van der Waals surface area contributed by atoms with Gasteiger partial charge in [-0.25, -0.2) is 9.67 Å². The Labute approximate surface area is 125 Å². The van der Waals surface area contributed by atoms with Crippen LogP contribution in [0.2, 0.25) is 5.02 Å². The summed E-state index contributed by atoms with van der Waals surface area (Å²) in [6.45, 7) is 4.22. The molecule has 0 fully saturated rings. The summed E-state index contributed by atoms with van der Waals surface area (Å²) in [6, 6.07) is 8.59. The lowest BCUT2D eigenvalue weighted by molar-refractivity contribution is 0.470. The van der Waals surface area contributed by atoms with E-state index >= 15 is 0 Å². The Morgan fingerprint density at radius 2 is 2.00 bits per heavy atom. The fourth-order valence-corrected chi connectivity index (χ4v) is 2.49. The third kappa shape index (κ3) is 3.58. The molecule has 2 rings (SSSR count). The first-order valence-electron chi connectivity index (χ1n) is 6.91. The Morgan fingerprint density at radius 1 is 1.25 bits per heavy atom. The number of nitrogens with one attached hydrogen (secondary N) is 1. The van der Waals surface area contributed by atoms with E-state index in [1.54, 1.807) is 6.33 Å². The smallest absolute Gasteiger partial charge is 0.138 e. The summed E-state index contributed by atoms with van der Waals surface area (Å²) < 4.78 is 1.97. The van der Waals surface area contributed by atoms with Gasteiger partial charge in [0.15, 0.2) is 0 Å². The van der Waals surface area contributed by atoms with E-state index < -0.39 is 0 Å². The van der Waals surface area contributed by atoms with Gasteiger partial charge < -0.3 is 5.32 Å². The molecule has 2 aromatic rings. The lowest BCUT2D eigenvalue weighted by atomic mass is 10.0. The molecule has 1 atom stereocenters. The second-order valence-electron chi connectivity index (χ2n) is 5.20. The van der Waals surface area contributed by atoms with Crippen LogP contribution in [0.3, 0.4) is 0 Å². The Hall–Kier alpha value is -1.39. The molecule has 0 radical (unpaired) electrons. The van der Waals surface area contributed by atoms with Gasteiger partial charge in [0.2, 0.25) is 0 Å². The monoisotopic (exact) mass is 292 g/mol. The predicted octanol–water partition coefficient (Wildman–Crippen LogP) is 2.89. The van der Waals surface area contributed by atoms with E-state index in [0.29, 0.717) is 6.04 Å². The minimum Gasteiger partial charge on any atom is -0.316 e. The minimum absolute atomic E-state index is 0.289. The first kappa shape index (κ1) is 15.0. The number of likely N-dealkylation sites (N-methyl/N-ethyl adjacent to an activating group) is 1. The molecule has 1 aromatic carbocycles. The molecule has 1 heterocycles. The van der Waals surface area contributed by atoms with Crippen molar-refractivity contribution in [1.29, 1.82) is 0 Å². The van der Waals surface area contributed by atoms with Crippen molar-refractivity contribution < 1.29 is 0 Å². The molecule has 0 aliphatic carbocycles. The number of benzene rings is 1. The second-order valence-corrected chi connectivity index (χ2v) is 5.61. The van der Waals surface area contributed by atoms with Crippen molar-refractivity contribution in [2.45, 2.75) is 38.8 Å². The van der Waals surface area contributed by atoms with Crippen LogP contribution >= 0.6 is 11.6 Å². The van der Waals surface area contributed by atoms with E-state index in [0.717, 1.165) is 29.3 Å². The molecule has 0 aliphatic rings. The summed E-state index contributed by atoms with van der Waals surface area (Å²) in [5, 5.41) is 8.44. The summed E-state index contributed by atoms with van der Waals surface area (Å²) in [6.07, 6.45) is 3.33. The van der Waals surface area contributed by atoms with E-state index in [1.165, 1.54) is 0 Å². The topological polar surface area (TPSA) is 42.7 Å². The van der Waals surface area contributed by atoms with Crippen molar-refractivity contribution in [2.75, 3.05) is 7.05 Å². The SMILES string of the molecule is CNC(Cc1ccccc1Cl)Cc1ncnn1C(C)C. The molecular weight excluding hydrogens is 272 g/mol. The molecular formula is C15H21ClN4. The van der Waals surface area contributed by atoms with Crippen molar-refractivity contribution in [3.63, 3.8) is 0 Å². The summed E-state index contributed by atoms with van der Waals surface area (Å²) in [4.78, 5) is 4.37. The molecule has 1 N–H and O–H groups in total. The average molecular weight is 293 g/mol. The van der Waals surface area contributed by atoms with Crippen LogP contribution in [0, 0.1) is 0 Å². The lowest BCUT2D eigenvalue weighted by Crippen LogP contribution is -2.31. The van der Waals surface area contributed by atoms with E-state index in [-0.39, 0.29) is 6.04 Å². The van der Waals surface area contributed by atoms with E-state index in [2.05, 4.69) is 35.3 Å². The maximum absolute atomic E-state index is 6.23. The van der Waals surface area contributed by atoms with Gasteiger partial charge in [0.1, 0.15) is 12.2 Å². The number of hydrogen-bond donors (Lipinski definition) is 1. The zero-order valence-corrected chi connectivity index (χ0v) is 12.9. The number of rotatable bonds is 6. The first-order valence-corrected chi connectivity index (χ1v) is 7.28. The average Bonchev–Trinajstić information content (AvgIpc) is 2.88. The Morgan fingerprint density at radius 3 is 2.65 bits per heavy atom. The Bertz CT molecular complexity index is 550. The van der Waals surface area contributed by atoms with Crippen molar-refractivity contribution in [3.05, 3.63) is 47.0 Å². The van der Waals surface area contributed by atoms with Crippen LogP contribution in [0.15, 0.2) is 30.6 Å². The van der Waals surface area contributed by atoms with Gasteiger partial charge in [-0.15, -0.1) is 0 Å². The second kappa shape index (κ2) is 6.86. The normalized spacial score (nSPS) is 12.8. The number of hydrogen-bond acceptors (Lipinski definition) is 3. The third-order valence-corrected chi connectivity index (χ3v) is 3.77. The Kier molecular flexibility index (Phi) is 5.15. The van der Waals surface area contributed by atoms with Crippen LogP contribution in [-0.2, 0) is 12.8 Å². The molecule has 4 nitrogen and oxygen atoms in total. The van der Waals surface area contributed by atoms with Crippen molar-refractivity contribution in [3.8, 4) is 0 Å². The summed E-state index contributed by atoms with van der Waals surface area (Å²) in [7, 11) is 1.97. The molecule has 0 saturated heterocycles. The molecule has 5 heteroatoms. The van der Waals surface area contributed by atoms with Crippen LogP contribution < -0.4 is 5.32 Å². The molecule has 0 spiro atoms. The summed E-state index contributed by atoms with van der Waals surface area (Å²) in [5.41, 5.74) is 1.16.